The molecule has 0 aliphatic heterocycles. The number of thiophene rings is 1. The molecule has 114 valence electrons. The molecule has 2 N–H and O–H groups in total. The van der Waals surface area contributed by atoms with Crippen LogP contribution in [-0.4, -0.2) is 31.6 Å². The molecule has 7 heteroatoms. The average Bonchev–Trinajstić information content (AvgIpc) is 2.70. The number of anilines is 1. The number of amides is 1. The molecule has 0 aliphatic carbocycles. The second kappa shape index (κ2) is 8.39. The maximum absolute atomic E-state index is 11.8. The zero-order valence-corrected chi connectivity index (χ0v) is 13.2. The van der Waals surface area contributed by atoms with Gasteiger partial charge in [0, 0.05) is 11.4 Å². The van der Waals surface area contributed by atoms with Gasteiger partial charge in [0.25, 0.3) is 0 Å². The highest BCUT2D eigenvalue weighted by atomic mass is 32.1. The Hall–Kier alpha value is -1.91. The van der Waals surface area contributed by atoms with Gasteiger partial charge in [0.05, 0.1) is 25.1 Å². The van der Waals surface area contributed by atoms with Crippen molar-refractivity contribution in [2.75, 3.05) is 25.0 Å². The third-order valence-corrected chi connectivity index (χ3v) is 3.97. The number of nitrogens with zero attached hydrogens (tertiary/aromatic N) is 1. The lowest BCUT2D eigenvalue weighted by Crippen LogP contribution is -2.29. The van der Waals surface area contributed by atoms with Gasteiger partial charge in [-0.2, -0.15) is 5.26 Å². The van der Waals surface area contributed by atoms with Gasteiger partial charge in [-0.05, 0) is 26.3 Å². The van der Waals surface area contributed by atoms with Gasteiger partial charge in [-0.25, -0.2) is 0 Å². The Morgan fingerprint density at radius 3 is 2.71 bits per heavy atom. The number of hydrogen-bond acceptors (Lipinski definition) is 6. The molecule has 1 aromatic rings. The van der Waals surface area contributed by atoms with E-state index in [1.807, 2.05) is 13.8 Å². The van der Waals surface area contributed by atoms with Gasteiger partial charge in [-0.1, -0.05) is 0 Å². The molecule has 21 heavy (non-hydrogen) atoms. The monoisotopic (exact) mass is 309 g/mol. The molecule has 1 amide bonds. The molecule has 0 aliphatic rings. The minimum Gasteiger partial charge on any atom is -0.466 e. The van der Waals surface area contributed by atoms with E-state index < -0.39 is 0 Å². The van der Waals surface area contributed by atoms with E-state index in [1.165, 1.54) is 11.3 Å². The lowest BCUT2D eigenvalue weighted by molar-refractivity contribution is -0.143. The smallest absolute Gasteiger partial charge is 0.307 e. The molecular weight excluding hydrogens is 290 g/mol. The topological polar surface area (TPSA) is 91.2 Å². The molecule has 1 heterocycles. The number of ether oxygens (including phenoxy) is 1. The fourth-order valence-corrected chi connectivity index (χ4v) is 2.67. The van der Waals surface area contributed by atoms with E-state index in [0.29, 0.717) is 23.7 Å². The highest BCUT2D eigenvalue weighted by Crippen LogP contribution is 2.31. The summed E-state index contributed by atoms with van der Waals surface area (Å²) >= 11 is 1.39. The summed E-state index contributed by atoms with van der Waals surface area (Å²) in [6, 6.07) is 2.10. The van der Waals surface area contributed by atoms with E-state index in [-0.39, 0.29) is 24.8 Å². The van der Waals surface area contributed by atoms with E-state index in [4.69, 9.17) is 10.00 Å². The zero-order valence-electron chi connectivity index (χ0n) is 12.4. The van der Waals surface area contributed by atoms with E-state index in [9.17, 15) is 9.59 Å². The summed E-state index contributed by atoms with van der Waals surface area (Å²) in [5.74, 6) is -0.529. The maximum atomic E-state index is 11.8. The molecule has 0 bridgehead atoms. The van der Waals surface area contributed by atoms with Crippen LogP contribution >= 0.6 is 11.3 Å². The summed E-state index contributed by atoms with van der Waals surface area (Å²) in [6.45, 7) is 6.33. The number of hydrogen-bond donors (Lipinski definition) is 2. The van der Waals surface area contributed by atoms with Crippen molar-refractivity contribution < 1.29 is 14.3 Å². The van der Waals surface area contributed by atoms with E-state index in [0.717, 1.165) is 10.4 Å². The van der Waals surface area contributed by atoms with Gasteiger partial charge in [-0.15, -0.1) is 11.3 Å². The van der Waals surface area contributed by atoms with Gasteiger partial charge in [0.15, 0.2) is 0 Å². The lowest BCUT2D eigenvalue weighted by atomic mass is 10.2. The standard InChI is InChI=1S/C14H19N3O3S/c1-4-20-13(19)5-6-16-8-12(18)17-14-11(7-15)9(2)10(3)21-14/h16H,4-6,8H2,1-3H3,(H,17,18). The first-order valence-electron chi connectivity index (χ1n) is 6.65. The number of nitriles is 1. The summed E-state index contributed by atoms with van der Waals surface area (Å²) in [4.78, 5) is 23.9. The zero-order chi connectivity index (χ0) is 15.8. The van der Waals surface area contributed by atoms with Gasteiger partial charge in [0.1, 0.15) is 11.1 Å². The van der Waals surface area contributed by atoms with Gasteiger partial charge < -0.3 is 15.4 Å². The molecule has 0 radical (unpaired) electrons. The highest BCUT2D eigenvalue weighted by Gasteiger charge is 2.14. The Morgan fingerprint density at radius 1 is 1.38 bits per heavy atom. The van der Waals surface area contributed by atoms with Crippen LogP contribution in [0.1, 0.15) is 29.3 Å². The van der Waals surface area contributed by atoms with Crippen LogP contribution in [0.2, 0.25) is 0 Å². The van der Waals surface area contributed by atoms with Crippen LogP contribution in [0, 0.1) is 25.2 Å². The molecule has 0 atom stereocenters. The second-order valence-electron chi connectivity index (χ2n) is 4.38. The van der Waals surface area contributed by atoms with Crippen LogP contribution in [-0.2, 0) is 14.3 Å². The van der Waals surface area contributed by atoms with Crippen LogP contribution in [0.25, 0.3) is 0 Å². The number of carbonyl (C=O) groups is 2. The van der Waals surface area contributed by atoms with Crippen LogP contribution in [0.15, 0.2) is 0 Å². The van der Waals surface area contributed by atoms with Crippen LogP contribution in [0.3, 0.4) is 0 Å². The Morgan fingerprint density at radius 2 is 2.10 bits per heavy atom. The van der Waals surface area contributed by atoms with Crippen molar-refractivity contribution in [2.24, 2.45) is 0 Å². The number of aryl methyl sites for hydroxylation is 1. The van der Waals surface area contributed by atoms with Crippen molar-refractivity contribution in [2.45, 2.75) is 27.2 Å². The van der Waals surface area contributed by atoms with Crippen molar-refractivity contribution in [1.82, 2.24) is 5.32 Å². The molecule has 1 aromatic heterocycles. The largest absolute Gasteiger partial charge is 0.466 e. The predicted molar refractivity (Wildman–Crippen MR) is 81.3 cm³/mol. The molecule has 1 rings (SSSR count). The maximum Gasteiger partial charge on any atom is 0.307 e. The fraction of sp³-hybridized carbons (Fsp3) is 0.500. The molecule has 0 fully saturated rings. The van der Waals surface area contributed by atoms with E-state index in [1.54, 1.807) is 6.92 Å². The quantitative estimate of drug-likeness (QED) is 0.591. The van der Waals surface area contributed by atoms with Crippen molar-refractivity contribution in [1.29, 1.82) is 5.26 Å². The summed E-state index contributed by atoms with van der Waals surface area (Å²) < 4.78 is 4.78. The number of esters is 1. The van der Waals surface area contributed by atoms with Gasteiger partial charge in [-0.3, -0.25) is 9.59 Å². The van der Waals surface area contributed by atoms with E-state index in [2.05, 4.69) is 16.7 Å². The molecule has 0 aromatic carbocycles. The number of carbonyl (C=O) groups excluding carboxylic acids is 2. The van der Waals surface area contributed by atoms with Crippen LogP contribution < -0.4 is 10.6 Å². The first-order chi connectivity index (χ1) is 9.99. The van der Waals surface area contributed by atoms with Crippen molar-refractivity contribution >= 4 is 28.2 Å². The SMILES string of the molecule is CCOC(=O)CCNCC(=O)Nc1sc(C)c(C)c1C#N. The fourth-order valence-electron chi connectivity index (χ4n) is 1.65. The summed E-state index contributed by atoms with van der Waals surface area (Å²) in [6.07, 6.45) is 0.224. The molecule has 0 saturated heterocycles. The number of rotatable bonds is 7. The van der Waals surface area contributed by atoms with Gasteiger partial charge in [0.2, 0.25) is 5.91 Å². The van der Waals surface area contributed by atoms with Crippen LogP contribution in [0.5, 0.6) is 0 Å². The molecular formula is C14H19N3O3S. The molecule has 0 unspecified atom stereocenters. The molecule has 6 nitrogen and oxygen atoms in total. The third-order valence-electron chi connectivity index (χ3n) is 2.85. The van der Waals surface area contributed by atoms with Crippen molar-refractivity contribution in [3.05, 3.63) is 16.0 Å². The number of nitrogens with one attached hydrogen (secondary N) is 2. The highest BCUT2D eigenvalue weighted by molar-refractivity contribution is 7.16. The Labute approximate surface area is 128 Å². The minimum atomic E-state index is -0.290. The summed E-state index contributed by atoms with van der Waals surface area (Å²) in [7, 11) is 0. The predicted octanol–water partition coefficient (Wildman–Crippen LogP) is 1.72. The normalized spacial score (nSPS) is 10.0. The minimum absolute atomic E-state index is 0.0836. The van der Waals surface area contributed by atoms with Gasteiger partial charge >= 0.3 is 5.97 Å². The lowest BCUT2D eigenvalue weighted by Gasteiger charge is -2.05. The molecule has 0 saturated carbocycles. The Kier molecular flexibility index (Phi) is 6.85. The summed E-state index contributed by atoms with van der Waals surface area (Å²) in [5, 5.41) is 15.2. The first-order valence-corrected chi connectivity index (χ1v) is 7.47. The van der Waals surface area contributed by atoms with Crippen LogP contribution in [0.4, 0.5) is 5.00 Å². The Balaban J connectivity index is 2.40. The average molecular weight is 309 g/mol. The third kappa shape index (κ3) is 5.17. The first kappa shape index (κ1) is 17.1. The second-order valence-corrected chi connectivity index (χ2v) is 5.60. The molecule has 0 spiro atoms. The Bertz CT molecular complexity index is 561. The van der Waals surface area contributed by atoms with Crippen molar-refractivity contribution in [3.63, 3.8) is 0 Å². The van der Waals surface area contributed by atoms with Crippen molar-refractivity contribution in [3.8, 4) is 6.07 Å². The summed E-state index contributed by atoms with van der Waals surface area (Å²) in [5.41, 5.74) is 1.41. The van der Waals surface area contributed by atoms with E-state index >= 15 is 0 Å².